The fourth-order valence-corrected chi connectivity index (χ4v) is 4.76. The van der Waals surface area contributed by atoms with Crippen LogP contribution in [0.4, 0.5) is 11.4 Å². The summed E-state index contributed by atoms with van der Waals surface area (Å²) < 4.78 is 30.2. The molecule has 168 valence electrons. The first-order chi connectivity index (χ1) is 15.7. The number of nitrogens with one attached hydrogen (secondary N) is 2. The van der Waals surface area contributed by atoms with E-state index in [1.165, 1.54) is 0 Å². The van der Waals surface area contributed by atoms with Gasteiger partial charge in [0.2, 0.25) is 0 Å². The SMILES string of the molecule is Cc1ccc(C)c(S(=O)(=O)Nc2ccccc2C(=O)Nc2cccc(-n3nnnc3C)c2)c1. The van der Waals surface area contributed by atoms with Gasteiger partial charge in [-0.25, -0.2) is 8.42 Å². The summed E-state index contributed by atoms with van der Waals surface area (Å²) in [5.74, 6) is 0.143. The van der Waals surface area contributed by atoms with Gasteiger partial charge in [0, 0.05) is 5.69 Å². The number of rotatable bonds is 6. The average molecular weight is 463 g/mol. The quantitative estimate of drug-likeness (QED) is 0.452. The molecule has 4 rings (SSSR count). The number of nitrogens with zero attached hydrogens (tertiary/aromatic N) is 4. The number of amides is 1. The molecule has 0 fully saturated rings. The fourth-order valence-electron chi connectivity index (χ4n) is 3.35. The van der Waals surface area contributed by atoms with Crippen LogP contribution in [0.15, 0.2) is 71.6 Å². The van der Waals surface area contributed by atoms with Crippen molar-refractivity contribution < 1.29 is 13.2 Å². The van der Waals surface area contributed by atoms with Crippen molar-refractivity contribution in [1.82, 2.24) is 20.2 Å². The second kappa shape index (κ2) is 8.83. The van der Waals surface area contributed by atoms with E-state index in [9.17, 15) is 13.2 Å². The third kappa shape index (κ3) is 4.75. The highest BCUT2D eigenvalue weighted by atomic mass is 32.2. The summed E-state index contributed by atoms with van der Waals surface area (Å²) in [6, 6.07) is 18.7. The van der Waals surface area contributed by atoms with Crippen molar-refractivity contribution in [3.63, 3.8) is 0 Å². The zero-order valence-corrected chi connectivity index (χ0v) is 19.1. The molecule has 33 heavy (non-hydrogen) atoms. The van der Waals surface area contributed by atoms with E-state index in [-0.39, 0.29) is 16.1 Å². The van der Waals surface area contributed by atoms with Gasteiger partial charge in [0.1, 0.15) is 0 Å². The molecule has 0 bridgehead atoms. The number of hydrogen-bond donors (Lipinski definition) is 2. The molecule has 3 aromatic carbocycles. The van der Waals surface area contributed by atoms with Gasteiger partial charge >= 0.3 is 0 Å². The van der Waals surface area contributed by atoms with Crippen LogP contribution in [0.3, 0.4) is 0 Å². The predicted octanol–water partition coefficient (Wildman–Crippen LogP) is 3.64. The Bertz CT molecular complexity index is 1450. The number of benzene rings is 3. The summed E-state index contributed by atoms with van der Waals surface area (Å²) in [4.78, 5) is 13.2. The highest BCUT2D eigenvalue weighted by Gasteiger charge is 2.21. The smallest absolute Gasteiger partial charge is 0.262 e. The maximum Gasteiger partial charge on any atom is 0.262 e. The Morgan fingerprint density at radius 3 is 2.48 bits per heavy atom. The molecule has 4 aromatic rings. The zero-order chi connectivity index (χ0) is 23.6. The maximum absolute atomic E-state index is 13.1. The minimum Gasteiger partial charge on any atom is -0.322 e. The monoisotopic (exact) mass is 462 g/mol. The third-order valence-corrected chi connectivity index (χ3v) is 6.53. The van der Waals surface area contributed by atoms with Crippen LogP contribution >= 0.6 is 0 Å². The first kappa shape index (κ1) is 22.2. The van der Waals surface area contributed by atoms with Crippen LogP contribution in [0, 0.1) is 20.8 Å². The van der Waals surface area contributed by atoms with E-state index in [0.717, 1.165) is 5.56 Å². The second-order valence-electron chi connectivity index (χ2n) is 7.56. The van der Waals surface area contributed by atoms with Crippen LogP contribution < -0.4 is 10.0 Å². The molecular weight excluding hydrogens is 440 g/mol. The Morgan fingerprint density at radius 1 is 0.939 bits per heavy atom. The predicted molar refractivity (Wildman–Crippen MR) is 125 cm³/mol. The molecule has 1 heterocycles. The molecule has 1 aromatic heterocycles. The van der Waals surface area contributed by atoms with Crippen molar-refractivity contribution in [2.45, 2.75) is 25.7 Å². The van der Waals surface area contributed by atoms with Crippen molar-refractivity contribution in [2.75, 3.05) is 10.0 Å². The largest absolute Gasteiger partial charge is 0.322 e. The number of aryl methyl sites for hydroxylation is 3. The summed E-state index contributed by atoms with van der Waals surface area (Å²) in [6.07, 6.45) is 0. The molecule has 2 N–H and O–H groups in total. The molecule has 0 atom stereocenters. The minimum absolute atomic E-state index is 0.169. The van der Waals surface area contributed by atoms with Gasteiger partial charge in [0.15, 0.2) is 5.82 Å². The Kier molecular flexibility index (Phi) is 5.93. The van der Waals surface area contributed by atoms with E-state index < -0.39 is 15.9 Å². The summed E-state index contributed by atoms with van der Waals surface area (Å²) in [5, 5.41) is 14.2. The lowest BCUT2D eigenvalue weighted by molar-refractivity contribution is 0.102. The van der Waals surface area contributed by atoms with Gasteiger partial charge in [-0.15, -0.1) is 5.10 Å². The lowest BCUT2D eigenvalue weighted by atomic mass is 10.1. The summed E-state index contributed by atoms with van der Waals surface area (Å²) in [6.45, 7) is 5.32. The van der Waals surface area contributed by atoms with E-state index in [1.807, 2.05) is 19.1 Å². The number of hydrogen-bond acceptors (Lipinski definition) is 6. The van der Waals surface area contributed by atoms with Crippen molar-refractivity contribution in [2.24, 2.45) is 0 Å². The van der Waals surface area contributed by atoms with E-state index in [0.29, 0.717) is 22.8 Å². The fraction of sp³-hybridized carbons (Fsp3) is 0.130. The van der Waals surface area contributed by atoms with Crippen LogP contribution in [-0.4, -0.2) is 34.5 Å². The molecule has 0 saturated carbocycles. The van der Waals surface area contributed by atoms with E-state index >= 15 is 0 Å². The Balaban J connectivity index is 1.61. The number of sulfonamides is 1. The number of aromatic nitrogens is 4. The van der Waals surface area contributed by atoms with Gasteiger partial charge in [-0.2, -0.15) is 4.68 Å². The van der Waals surface area contributed by atoms with E-state index in [1.54, 1.807) is 73.1 Å². The van der Waals surface area contributed by atoms with Gasteiger partial charge in [-0.1, -0.05) is 30.3 Å². The Labute approximate surface area is 191 Å². The minimum atomic E-state index is -3.89. The molecule has 9 nitrogen and oxygen atoms in total. The molecule has 0 aliphatic carbocycles. The third-order valence-electron chi connectivity index (χ3n) is 5.02. The van der Waals surface area contributed by atoms with Gasteiger partial charge in [0.05, 0.1) is 21.8 Å². The lowest BCUT2D eigenvalue weighted by Crippen LogP contribution is -2.19. The average Bonchev–Trinajstić information content (AvgIpc) is 3.21. The van der Waals surface area contributed by atoms with Crippen molar-refractivity contribution in [3.05, 3.63) is 89.2 Å². The normalized spacial score (nSPS) is 11.2. The molecule has 0 aliphatic rings. The van der Waals surface area contributed by atoms with Crippen LogP contribution in [0.5, 0.6) is 0 Å². The highest BCUT2D eigenvalue weighted by molar-refractivity contribution is 7.92. The number of anilines is 2. The molecule has 0 radical (unpaired) electrons. The lowest BCUT2D eigenvalue weighted by Gasteiger charge is -2.14. The molecule has 0 unspecified atom stereocenters. The highest BCUT2D eigenvalue weighted by Crippen LogP contribution is 2.24. The zero-order valence-electron chi connectivity index (χ0n) is 18.3. The molecule has 0 spiro atoms. The number of para-hydroxylation sites is 1. The number of carbonyl (C=O) groups is 1. The van der Waals surface area contributed by atoms with Crippen LogP contribution in [0.1, 0.15) is 27.3 Å². The van der Waals surface area contributed by atoms with Crippen LogP contribution in [0.25, 0.3) is 5.69 Å². The first-order valence-corrected chi connectivity index (χ1v) is 11.6. The van der Waals surface area contributed by atoms with Gasteiger partial charge in [-0.05, 0) is 78.7 Å². The molecular formula is C23H22N6O3S. The summed E-state index contributed by atoms with van der Waals surface area (Å²) >= 11 is 0. The van der Waals surface area contributed by atoms with Crippen molar-refractivity contribution in [3.8, 4) is 5.69 Å². The van der Waals surface area contributed by atoms with Crippen LogP contribution in [0.2, 0.25) is 0 Å². The molecule has 1 amide bonds. The number of carbonyl (C=O) groups excluding carboxylic acids is 1. The van der Waals surface area contributed by atoms with E-state index in [2.05, 4.69) is 25.6 Å². The van der Waals surface area contributed by atoms with Gasteiger partial charge in [-0.3, -0.25) is 9.52 Å². The summed E-state index contributed by atoms with van der Waals surface area (Å²) in [5.41, 5.74) is 3.01. The topological polar surface area (TPSA) is 119 Å². The summed E-state index contributed by atoms with van der Waals surface area (Å²) in [7, 11) is -3.89. The van der Waals surface area contributed by atoms with E-state index in [4.69, 9.17) is 0 Å². The standard InChI is InChI=1S/C23H22N6O3S/c1-15-11-12-16(2)22(13-15)33(31,32)26-21-10-5-4-9-20(21)23(30)24-18-7-6-8-19(14-18)29-17(3)25-27-28-29/h4-14,26H,1-3H3,(H,24,30). The number of tetrazole rings is 1. The molecule has 0 aliphatic heterocycles. The van der Waals surface area contributed by atoms with Gasteiger partial charge in [0.25, 0.3) is 15.9 Å². The molecule has 10 heteroatoms. The Hall–Kier alpha value is -4.05. The molecule has 0 saturated heterocycles. The maximum atomic E-state index is 13.1. The van der Waals surface area contributed by atoms with Crippen LogP contribution in [-0.2, 0) is 10.0 Å². The first-order valence-electron chi connectivity index (χ1n) is 10.1. The second-order valence-corrected chi connectivity index (χ2v) is 9.21. The Morgan fingerprint density at radius 2 is 1.73 bits per heavy atom. The van der Waals surface area contributed by atoms with Crippen molar-refractivity contribution in [1.29, 1.82) is 0 Å². The van der Waals surface area contributed by atoms with Gasteiger partial charge < -0.3 is 5.32 Å². The van der Waals surface area contributed by atoms with Crippen molar-refractivity contribution >= 4 is 27.3 Å².